The van der Waals surface area contributed by atoms with Crippen molar-refractivity contribution >= 4 is 23.5 Å². The van der Waals surface area contributed by atoms with Crippen LogP contribution in [0.5, 0.6) is 0 Å². The molecule has 0 spiro atoms. The fourth-order valence-electron chi connectivity index (χ4n) is 4.51. The highest BCUT2D eigenvalue weighted by atomic mass is 16.4. The summed E-state index contributed by atoms with van der Waals surface area (Å²) in [5.74, 6) is 0.232. The van der Waals surface area contributed by atoms with Crippen molar-refractivity contribution in [2.24, 2.45) is 12.8 Å². The number of anilines is 2. The minimum atomic E-state index is -1.10. The quantitative estimate of drug-likeness (QED) is 0.151. The Morgan fingerprint density at radius 2 is 1.42 bits per heavy atom. The van der Waals surface area contributed by atoms with E-state index in [0.29, 0.717) is 24.3 Å². The monoisotopic (exact) mass is 512 g/mol. The third-order valence-corrected chi connectivity index (χ3v) is 6.43. The number of carbonyl (C=O) groups is 2. The number of aromatic nitrogens is 2. The van der Waals surface area contributed by atoms with Crippen LogP contribution in [0.4, 0.5) is 16.3 Å². The first-order valence-corrected chi connectivity index (χ1v) is 12.4. The van der Waals surface area contributed by atoms with Crippen LogP contribution in [-0.4, -0.2) is 39.5 Å². The van der Waals surface area contributed by atoms with Gasteiger partial charge in [-0.2, -0.15) is 5.10 Å². The maximum atomic E-state index is 12.9. The lowest BCUT2D eigenvalue weighted by Gasteiger charge is -2.38. The summed E-state index contributed by atoms with van der Waals surface area (Å²) in [6, 6.07) is 29.6. The van der Waals surface area contributed by atoms with E-state index in [1.807, 2.05) is 54.6 Å². The molecule has 0 aliphatic carbocycles. The van der Waals surface area contributed by atoms with Crippen molar-refractivity contribution in [3.8, 4) is 0 Å². The topological polar surface area (TPSA) is 134 Å². The Hall–Kier alpha value is -4.63. The van der Waals surface area contributed by atoms with Gasteiger partial charge in [-0.15, -0.1) is 0 Å². The van der Waals surface area contributed by atoms with Crippen LogP contribution in [-0.2, 0) is 17.4 Å². The van der Waals surface area contributed by atoms with E-state index in [9.17, 15) is 9.59 Å². The molecule has 9 nitrogen and oxygen atoms in total. The summed E-state index contributed by atoms with van der Waals surface area (Å²) in [5, 5.41) is 22.1. The third kappa shape index (κ3) is 5.84. The molecule has 0 saturated carbocycles. The highest BCUT2D eigenvalue weighted by molar-refractivity contribution is 5.97. The summed E-state index contributed by atoms with van der Waals surface area (Å²) in [7, 11) is 1.81. The van der Waals surface area contributed by atoms with Crippen LogP contribution in [0.3, 0.4) is 0 Å². The normalized spacial score (nSPS) is 11.9. The van der Waals surface area contributed by atoms with E-state index in [2.05, 4.69) is 57.4 Å². The number of nitrogens with two attached hydrogens (primary N) is 1. The lowest BCUT2D eigenvalue weighted by molar-refractivity contribution is -0.117. The van der Waals surface area contributed by atoms with Crippen molar-refractivity contribution < 1.29 is 14.7 Å². The molecule has 196 valence electrons. The molecule has 1 aromatic heterocycles. The third-order valence-electron chi connectivity index (χ3n) is 6.43. The molecule has 0 saturated heterocycles. The van der Waals surface area contributed by atoms with Gasteiger partial charge in [0.15, 0.2) is 0 Å². The van der Waals surface area contributed by atoms with E-state index in [0.717, 1.165) is 16.7 Å². The molecule has 4 aromatic rings. The minimum absolute atomic E-state index is 0.226. The first kappa shape index (κ1) is 26.4. The van der Waals surface area contributed by atoms with Crippen LogP contribution in [0.2, 0.25) is 0 Å². The van der Waals surface area contributed by atoms with E-state index in [-0.39, 0.29) is 12.5 Å². The second-order valence-corrected chi connectivity index (χ2v) is 8.97. The number of hydrogen-bond donors (Lipinski definition) is 5. The number of rotatable bonds is 11. The molecule has 0 aliphatic rings. The zero-order valence-corrected chi connectivity index (χ0v) is 21.2. The number of amides is 2. The van der Waals surface area contributed by atoms with Crippen LogP contribution in [0.25, 0.3) is 0 Å². The maximum absolute atomic E-state index is 12.9. The first-order chi connectivity index (χ1) is 18.4. The van der Waals surface area contributed by atoms with Crippen molar-refractivity contribution in [1.82, 2.24) is 15.1 Å². The van der Waals surface area contributed by atoms with Gasteiger partial charge in [0.25, 0.3) is 0 Å². The average Bonchev–Trinajstić information content (AvgIpc) is 3.28. The van der Waals surface area contributed by atoms with E-state index in [1.54, 1.807) is 17.9 Å². The molecule has 1 heterocycles. The standard InChI is InChI=1S/C29H32N6O3/c1-35-26(25(20-32-35)33-27(36)24(30)18-11-19-31-28(37)38)34-29(21-12-5-2-6-13-21,22-14-7-3-8-15-22)23-16-9-4-10-17-23/h2-10,12-17,20,24,31,34H,11,18-19,30H2,1H3,(H,33,36)(H,37,38)/t24-/m0/s1. The summed E-state index contributed by atoms with van der Waals surface area (Å²) in [5.41, 5.74) is 8.83. The molecule has 0 fully saturated rings. The van der Waals surface area contributed by atoms with E-state index in [1.165, 1.54) is 0 Å². The largest absolute Gasteiger partial charge is 0.465 e. The molecule has 1 atom stereocenters. The number of benzene rings is 3. The molecule has 0 unspecified atom stereocenters. The Labute approximate surface area is 221 Å². The molecular weight excluding hydrogens is 480 g/mol. The van der Waals surface area contributed by atoms with Crippen molar-refractivity contribution in [2.75, 3.05) is 17.2 Å². The second kappa shape index (κ2) is 12.1. The zero-order valence-electron chi connectivity index (χ0n) is 21.2. The van der Waals surface area contributed by atoms with Gasteiger partial charge in [0.1, 0.15) is 17.0 Å². The molecule has 0 aliphatic heterocycles. The number of nitrogens with one attached hydrogen (secondary N) is 3. The van der Waals surface area contributed by atoms with Crippen LogP contribution >= 0.6 is 0 Å². The fourth-order valence-corrected chi connectivity index (χ4v) is 4.51. The number of aryl methyl sites for hydroxylation is 1. The van der Waals surface area contributed by atoms with Gasteiger partial charge in [-0.1, -0.05) is 91.0 Å². The number of carbonyl (C=O) groups excluding carboxylic acids is 1. The van der Waals surface area contributed by atoms with Gasteiger partial charge < -0.3 is 26.8 Å². The summed E-state index contributed by atoms with van der Waals surface area (Å²) >= 11 is 0. The lowest BCUT2D eigenvalue weighted by atomic mass is 9.77. The molecule has 4 rings (SSSR count). The highest BCUT2D eigenvalue weighted by Gasteiger charge is 2.38. The number of carboxylic acid groups (broad SMARTS) is 1. The SMILES string of the molecule is Cn1ncc(NC(=O)[C@@H](N)CCCNC(=O)O)c1NC(c1ccccc1)(c1ccccc1)c1ccccc1. The Morgan fingerprint density at radius 3 is 1.89 bits per heavy atom. The highest BCUT2D eigenvalue weighted by Crippen LogP contribution is 2.41. The molecule has 6 N–H and O–H groups in total. The van der Waals surface area contributed by atoms with Crippen molar-refractivity contribution in [3.05, 3.63) is 114 Å². The molecule has 9 heteroatoms. The predicted octanol–water partition coefficient (Wildman–Crippen LogP) is 4.14. The van der Waals surface area contributed by atoms with Crippen molar-refractivity contribution in [2.45, 2.75) is 24.4 Å². The number of nitrogens with zero attached hydrogens (tertiary/aromatic N) is 2. The Balaban J connectivity index is 1.70. The van der Waals surface area contributed by atoms with Gasteiger partial charge in [0.05, 0.1) is 12.2 Å². The molecule has 38 heavy (non-hydrogen) atoms. The average molecular weight is 513 g/mol. The zero-order chi connectivity index (χ0) is 27.0. The van der Waals surface area contributed by atoms with E-state index in [4.69, 9.17) is 10.8 Å². The van der Waals surface area contributed by atoms with Gasteiger partial charge in [-0.3, -0.25) is 9.48 Å². The van der Waals surface area contributed by atoms with Crippen LogP contribution in [0, 0.1) is 0 Å². The fraction of sp³-hybridized carbons (Fsp3) is 0.207. The van der Waals surface area contributed by atoms with Crippen LogP contribution in [0.1, 0.15) is 29.5 Å². The number of hydrogen-bond acceptors (Lipinski definition) is 5. The minimum Gasteiger partial charge on any atom is -0.465 e. The molecular formula is C29H32N6O3. The van der Waals surface area contributed by atoms with Gasteiger partial charge >= 0.3 is 6.09 Å². The Bertz CT molecular complexity index is 1250. The van der Waals surface area contributed by atoms with E-state index >= 15 is 0 Å². The summed E-state index contributed by atoms with van der Waals surface area (Å²) in [6.07, 6.45) is 1.26. The van der Waals surface area contributed by atoms with E-state index < -0.39 is 17.7 Å². The molecule has 0 bridgehead atoms. The summed E-state index contributed by atoms with van der Waals surface area (Å²) in [6.45, 7) is 0.226. The van der Waals surface area contributed by atoms with Gasteiger partial charge in [0, 0.05) is 13.6 Å². The van der Waals surface area contributed by atoms with Gasteiger partial charge in [-0.25, -0.2) is 4.79 Å². The van der Waals surface area contributed by atoms with Crippen LogP contribution in [0.15, 0.2) is 97.2 Å². The molecule has 3 aromatic carbocycles. The maximum Gasteiger partial charge on any atom is 0.404 e. The van der Waals surface area contributed by atoms with Crippen LogP contribution < -0.4 is 21.7 Å². The molecule has 0 radical (unpaired) electrons. The Kier molecular flexibility index (Phi) is 8.40. The predicted molar refractivity (Wildman–Crippen MR) is 148 cm³/mol. The Morgan fingerprint density at radius 1 is 0.921 bits per heavy atom. The lowest BCUT2D eigenvalue weighted by Crippen LogP contribution is -2.40. The second-order valence-electron chi connectivity index (χ2n) is 8.97. The molecule has 2 amide bonds. The van der Waals surface area contributed by atoms with Gasteiger partial charge in [0.2, 0.25) is 5.91 Å². The summed E-state index contributed by atoms with van der Waals surface area (Å²) < 4.78 is 1.68. The van der Waals surface area contributed by atoms with Crippen molar-refractivity contribution in [1.29, 1.82) is 0 Å². The van der Waals surface area contributed by atoms with Gasteiger partial charge in [-0.05, 0) is 29.5 Å². The first-order valence-electron chi connectivity index (χ1n) is 12.4. The van der Waals surface area contributed by atoms with Crippen molar-refractivity contribution in [3.63, 3.8) is 0 Å². The summed E-state index contributed by atoms with van der Waals surface area (Å²) in [4.78, 5) is 23.6. The smallest absolute Gasteiger partial charge is 0.404 e.